The molecule has 0 bridgehead atoms. The van der Waals surface area contributed by atoms with Gasteiger partial charge in [-0.05, 0) is 36.8 Å². The maximum atomic E-state index is 12.0. The number of H-pyrrole nitrogens is 1. The van der Waals surface area contributed by atoms with Gasteiger partial charge in [-0.3, -0.25) is 9.59 Å². The van der Waals surface area contributed by atoms with Crippen LogP contribution in [0.4, 0.5) is 11.4 Å². The molecule has 3 N–H and O–H groups in total. The summed E-state index contributed by atoms with van der Waals surface area (Å²) in [5.41, 5.74) is 4.52. The van der Waals surface area contributed by atoms with E-state index in [9.17, 15) is 9.59 Å². The molecule has 0 fully saturated rings. The average Bonchev–Trinajstić information content (AvgIpc) is 3.19. The Bertz CT molecular complexity index is 891. The fraction of sp³-hybridized carbons (Fsp3) is 0.150. The van der Waals surface area contributed by atoms with E-state index in [-0.39, 0.29) is 23.3 Å². The summed E-state index contributed by atoms with van der Waals surface area (Å²) in [4.78, 5) is 31.0. The van der Waals surface area contributed by atoms with E-state index < -0.39 is 0 Å². The lowest BCUT2D eigenvalue weighted by atomic mass is 10.1. The van der Waals surface area contributed by atoms with Crippen molar-refractivity contribution in [2.24, 2.45) is 0 Å². The van der Waals surface area contributed by atoms with Gasteiger partial charge < -0.3 is 15.6 Å². The number of rotatable bonds is 7. The zero-order valence-electron chi connectivity index (χ0n) is 14.9. The molecule has 0 aliphatic rings. The van der Waals surface area contributed by atoms with Gasteiger partial charge in [-0.15, -0.1) is 11.8 Å². The topological polar surface area (TPSA) is 86.9 Å². The lowest BCUT2D eigenvalue weighted by molar-refractivity contribution is -0.114. The lowest BCUT2D eigenvalue weighted by Crippen LogP contribution is -2.18. The number of hydrogen-bond donors (Lipinski definition) is 3. The predicted molar refractivity (Wildman–Crippen MR) is 110 cm³/mol. The van der Waals surface area contributed by atoms with E-state index in [1.54, 1.807) is 12.5 Å². The van der Waals surface area contributed by atoms with E-state index in [1.807, 2.05) is 55.5 Å². The first-order valence-electron chi connectivity index (χ1n) is 8.43. The Kier molecular flexibility index (Phi) is 6.27. The summed E-state index contributed by atoms with van der Waals surface area (Å²) in [5, 5.41) is 5.64. The molecule has 0 atom stereocenters. The minimum Gasteiger partial charge on any atom is -0.345 e. The summed E-state index contributed by atoms with van der Waals surface area (Å²) in [7, 11) is 0. The van der Waals surface area contributed by atoms with Gasteiger partial charge in [0.15, 0.2) is 0 Å². The normalized spacial score (nSPS) is 10.4. The Morgan fingerprint density at radius 1 is 0.926 bits per heavy atom. The highest BCUT2D eigenvalue weighted by molar-refractivity contribution is 8.00. The molecule has 6 nitrogen and oxygen atoms in total. The van der Waals surface area contributed by atoms with E-state index in [1.165, 1.54) is 11.8 Å². The number of hydrogen-bond acceptors (Lipinski definition) is 4. The zero-order valence-corrected chi connectivity index (χ0v) is 15.7. The van der Waals surface area contributed by atoms with Gasteiger partial charge in [-0.25, -0.2) is 4.98 Å². The summed E-state index contributed by atoms with van der Waals surface area (Å²) in [6, 6.07) is 15.1. The number of thioether (sulfide) groups is 1. The average molecular weight is 380 g/mol. The number of carbonyl (C=O) groups is 2. The third-order valence-electron chi connectivity index (χ3n) is 3.78. The zero-order chi connectivity index (χ0) is 19.1. The van der Waals surface area contributed by atoms with Crippen molar-refractivity contribution < 1.29 is 9.59 Å². The van der Waals surface area contributed by atoms with Crippen molar-refractivity contribution >= 4 is 35.0 Å². The molecule has 1 aromatic heterocycles. The van der Waals surface area contributed by atoms with E-state index in [2.05, 4.69) is 20.6 Å². The van der Waals surface area contributed by atoms with Gasteiger partial charge in [0.2, 0.25) is 11.8 Å². The molecule has 3 rings (SSSR count). The van der Waals surface area contributed by atoms with Crippen molar-refractivity contribution in [3.8, 4) is 11.3 Å². The van der Waals surface area contributed by atoms with Crippen LogP contribution < -0.4 is 10.6 Å². The highest BCUT2D eigenvalue weighted by Gasteiger charge is 2.07. The van der Waals surface area contributed by atoms with Crippen LogP contribution in [0.3, 0.4) is 0 Å². The van der Waals surface area contributed by atoms with Crippen LogP contribution in [-0.4, -0.2) is 33.3 Å². The number of nitrogens with one attached hydrogen (secondary N) is 3. The molecule has 0 spiro atoms. The Labute approximate surface area is 161 Å². The van der Waals surface area contributed by atoms with E-state index in [0.717, 1.165) is 22.5 Å². The van der Waals surface area contributed by atoms with Gasteiger partial charge in [0.05, 0.1) is 29.7 Å². The number of amides is 2. The van der Waals surface area contributed by atoms with Crippen molar-refractivity contribution in [2.45, 2.75) is 6.92 Å². The summed E-state index contributed by atoms with van der Waals surface area (Å²) in [6.45, 7) is 1.99. The highest BCUT2D eigenvalue weighted by atomic mass is 32.2. The standard InChI is InChI=1S/C20H20N4O2S/c1-14-2-6-16(7-3-14)23-19(25)11-27-12-20(26)24-17-8-4-15(5-9-17)18-10-21-13-22-18/h2-10,13H,11-12H2,1H3,(H,21,22)(H,23,25)(H,24,26). The Hall–Kier alpha value is -3.06. The number of aryl methyl sites for hydroxylation is 1. The largest absolute Gasteiger partial charge is 0.345 e. The van der Waals surface area contributed by atoms with Gasteiger partial charge in [0.25, 0.3) is 0 Å². The molecule has 1 heterocycles. The van der Waals surface area contributed by atoms with Crippen molar-refractivity contribution in [3.63, 3.8) is 0 Å². The van der Waals surface area contributed by atoms with E-state index in [4.69, 9.17) is 0 Å². The molecule has 0 unspecified atom stereocenters. The van der Waals surface area contributed by atoms with Crippen LogP contribution >= 0.6 is 11.8 Å². The van der Waals surface area contributed by atoms with Crippen LogP contribution in [0.5, 0.6) is 0 Å². The van der Waals surface area contributed by atoms with Gasteiger partial charge in [0.1, 0.15) is 0 Å². The molecular weight excluding hydrogens is 360 g/mol. The number of anilines is 2. The first-order valence-corrected chi connectivity index (χ1v) is 9.58. The third kappa shape index (κ3) is 5.72. The maximum absolute atomic E-state index is 12.0. The van der Waals surface area contributed by atoms with Gasteiger partial charge in [-0.1, -0.05) is 29.8 Å². The van der Waals surface area contributed by atoms with Crippen LogP contribution in [0.15, 0.2) is 61.1 Å². The molecule has 138 valence electrons. The van der Waals surface area contributed by atoms with Crippen LogP contribution in [0, 0.1) is 6.92 Å². The molecule has 2 aromatic carbocycles. The number of nitrogens with zero attached hydrogens (tertiary/aromatic N) is 1. The first-order chi connectivity index (χ1) is 13.1. The number of aromatic nitrogens is 2. The summed E-state index contributed by atoms with van der Waals surface area (Å²) < 4.78 is 0. The second-order valence-corrected chi connectivity index (χ2v) is 6.98. The summed E-state index contributed by atoms with van der Waals surface area (Å²) >= 11 is 1.27. The van der Waals surface area contributed by atoms with E-state index >= 15 is 0 Å². The summed E-state index contributed by atoms with van der Waals surface area (Å²) in [5.74, 6) is 0.168. The minimum absolute atomic E-state index is 0.124. The molecule has 0 saturated heterocycles. The van der Waals surface area contributed by atoms with Crippen LogP contribution in [-0.2, 0) is 9.59 Å². The molecule has 0 aliphatic carbocycles. The van der Waals surface area contributed by atoms with Gasteiger partial charge in [0, 0.05) is 11.4 Å². The van der Waals surface area contributed by atoms with Gasteiger partial charge in [-0.2, -0.15) is 0 Å². The molecule has 7 heteroatoms. The predicted octanol–water partition coefficient (Wildman–Crippen LogP) is 3.70. The highest BCUT2D eigenvalue weighted by Crippen LogP contribution is 2.19. The van der Waals surface area contributed by atoms with Crippen molar-refractivity contribution in [1.82, 2.24) is 9.97 Å². The Morgan fingerprint density at radius 3 is 2.00 bits per heavy atom. The second-order valence-electron chi connectivity index (χ2n) is 6.00. The molecule has 3 aromatic rings. The number of benzene rings is 2. The minimum atomic E-state index is -0.141. The Balaban J connectivity index is 1.40. The maximum Gasteiger partial charge on any atom is 0.234 e. The molecule has 0 saturated carbocycles. The molecule has 0 radical (unpaired) electrons. The fourth-order valence-electron chi connectivity index (χ4n) is 2.41. The lowest BCUT2D eigenvalue weighted by Gasteiger charge is -2.07. The van der Waals surface area contributed by atoms with Crippen LogP contribution in [0.2, 0.25) is 0 Å². The second kappa shape index (κ2) is 9.05. The monoisotopic (exact) mass is 380 g/mol. The molecule has 2 amide bonds. The van der Waals surface area contributed by atoms with Crippen molar-refractivity contribution in [2.75, 3.05) is 22.1 Å². The quantitative estimate of drug-likeness (QED) is 0.583. The summed E-state index contributed by atoms with van der Waals surface area (Å²) in [6.07, 6.45) is 3.36. The van der Waals surface area contributed by atoms with Crippen molar-refractivity contribution in [1.29, 1.82) is 0 Å². The van der Waals surface area contributed by atoms with Crippen LogP contribution in [0.1, 0.15) is 5.56 Å². The van der Waals surface area contributed by atoms with Gasteiger partial charge >= 0.3 is 0 Å². The first kappa shape index (κ1) is 18.7. The van der Waals surface area contributed by atoms with E-state index in [0.29, 0.717) is 5.69 Å². The number of carbonyl (C=O) groups excluding carboxylic acids is 2. The fourth-order valence-corrected chi connectivity index (χ4v) is 3.03. The number of imidazole rings is 1. The third-order valence-corrected chi connectivity index (χ3v) is 4.71. The van der Waals surface area contributed by atoms with Crippen molar-refractivity contribution in [3.05, 3.63) is 66.6 Å². The smallest absolute Gasteiger partial charge is 0.234 e. The SMILES string of the molecule is Cc1ccc(NC(=O)CSCC(=O)Nc2ccc(-c3cnc[nH]3)cc2)cc1. The molecular formula is C20H20N4O2S. The molecule has 27 heavy (non-hydrogen) atoms. The number of aromatic amines is 1. The van der Waals surface area contributed by atoms with Crippen LogP contribution in [0.25, 0.3) is 11.3 Å². The molecule has 0 aliphatic heterocycles. The Morgan fingerprint density at radius 2 is 1.48 bits per heavy atom.